The number of primary amides is 1. The number of rotatable bonds is 4. The van der Waals surface area contributed by atoms with Crippen molar-refractivity contribution in [3.8, 4) is 11.1 Å². The molecule has 1 aromatic carbocycles. The van der Waals surface area contributed by atoms with Gasteiger partial charge in [-0.25, -0.2) is 9.37 Å². The molecule has 7 heteroatoms. The molecule has 2 heterocycles. The van der Waals surface area contributed by atoms with E-state index in [0.717, 1.165) is 34.7 Å². The fraction of sp³-hybridized carbons (Fsp3) is 0.300. The first-order valence-corrected chi connectivity index (χ1v) is 9.24. The lowest BCUT2D eigenvalue weighted by molar-refractivity contribution is -0.120. The van der Waals surface area contributed by atoms with Crippen LogP contribution in [0.2, 0.25) is 5.15 Å². The zero-order chi connectivity index (χ0) is 18.8. The van der Waals surface area contributed by atoms with E-state index in [0.29, 0.717) is 11.6 Å². The number of amides is 1. The molecule has 5 rings (SSSR count). The first-order valence-electron chi connectivity index (χ1n) is 8.86. The molecule has 136 valence electrons. The van der Waals surface area contributed by atoms with Gasteiger partial charge in [0.2, 0.25) is 5.91 Å². The number of hydrogen-bond acceptors (Lipinski definition) is 4. The third kappa shape index (κ3) is 2.51. The second-order valence-corrected chi connectivity index (χ2v) is 7.73. The largest absolute Gasteiger partial charge is 0.369 e. The van der Waals surface area contributed by atoms with E-state index in [2.05, 4.69) is 15.2 Å². The van der Waals surface area contributed by atoms with Gasteiger partial charge in [-0.05, 0) is 47.4 Å². The molecular formula is C20H16ClFN4O. The van der Waals surface area contributed by atoms with Gasteiger partial charge in [-0.1, -0.05) is 23.7 Å². The number of alkyl halides is 1. The third-order valence-electron chi connectivity index (χ3n) is 5.65. The summed E-state index contributed by atoms with van der Waals surface area (Å²) in [5, 5.41) is 9.82. The highest BCUT2D eigenvalue weighted by molar-refractivity contribution is 6.34. The fourth-order valence-electron chi connectivity index (χ4n) is 3.77. The molecule has 2 aromatic heterocycles. The van der Waals surface area contributed by atoms with Crippen molar-refractivity contribution in [3.63, 3.8) is 0 Å². The van der Waals surface area contributed by atoms with Gasteiger partial charge in [0.25, 0.3) is 0 Å². The van der Waals surface area contributed by atoms with Crippen molar-refractivity contribution in [2.24, 2.45) is 5.73 Å². The number of nitrogens with two attached hydrogens (primary N) is 1. The van der Waals surface area contributed by atoms with Gasteiger partial charge in [0, 0.05) is 17.4 Å². The van der Waals surface area contributed by atoms with Crippen LogP contribution in [0, 0.1) is 0 Å². The zero-order valence-electron chi connectivity index (χ0n) is 14.3. The standard InChI is InChI=1S/C20H16ClFN4O/c21-18-13-4-3-11(15-9-25-24-8-14(15)10-1-2-10)5-12(13)6-17(26-18)20(19(23)27)7-16(20)22/h3-6,8-10,16H,1-2,7H2,(H2,23,27). The monoisotopic (exact) mass is 382 g/mol. The molecule has 1 amide bonds. The van der Waals surface area contributed by atoms with E-state index in [9.17, 15) is 9.18 Å². The predicted molar refractivity (Wildman–Crippen MR) is 100 cm³/mol. The predicted octanol–water partition coefficient (Wildman–Crippen LogP) is 3.69. The average Bonchev–Trinajstić information content (AvgIpc) is 3.57. The summed E-state index contributed by atoms with van der Waals surface area (Å²) in [6, 6.07) is 7.55. The van der Waals surface area contributed by atoms with Crippen LogP contribution < -0.4 is 5.73 Å². The minimum Gasteiger partial charge on any atom is -0.369 e. The molecule has 2 aliphatic rings. The Hall–Kier alpha value is -2.60. The molecule has 2 atom stereocenters. The second kappa shape index (κ2) is 5.70. The van der Waals surface area contributed by atoms with E-state index >= 15 is 0 Å². The van der Waals surface area contributed by atoms with Crippen LogP contribution in [0.1, 0.15) is 36.4 Å². The van der Waals surface area contributed by atoms with Crippen LogP contribution in [0.25, 0.3) is 21.9 Å². The van der Waals surface area contributed by atoms with Gasteiger partial charge >= 0.3 is 0 Å². The molecule has 0 saturated heterocycles. The van der Waals surface area contributed by atoms with E-state index in [1.54, 1.807) is 12.3 Å². The zero-order valence-corrected chi connectivity index (χ0v) is 15.1. The molecule has 2 fully saturated rings. The van der Waals surface area contributed by atoms with E-state index in [4.69, 9.17) is 17.3 Å². The minimum atomic E-state index is -1.36. The number of pyridine rings is 1. The average molecular weight is 383 g/mol. The van der Waals surface area contributed by atoms with E-state index in [1.165, 1.54) is 5.56 Å². The van der Waals surface area contributed by atoms with Gasteiger partial charge in [-0.3, -0.25) is 4.79 Å². The van der Waals surface area contributed by atoms with Gasteiger partial charge in [0.1, 0.15) is 16.7 Å². The van der Waals surface area contributed by atoms with Crippen molar-refractivity contribution < 1.29 is 9.18 Å². The van der Waals surface area contributed by atoms with Gasteiger partial charge in [0.05, 0.1) is 18.1 Å². The molecular weight excluding hydrogens is 367 g/mol. The smallest absolute Gasteiger partial charge is 0.232 e. The number of fused-ring (bicyclic) bond motifs is 1. The normalized spacial score (nSPS) is 24.1. The lowest BCUT2D eigenvalue weighted by Crippen LogP contribution is -2.31. The quantitative estimate of drug-likeness (QED) is 0.698. The number of nitrogens with zero attached hydrogens (tertiary/aromatic N) is 3. The molecule has 0 spiro atoms. The Morgan fingerprint density at radius 2 is 1.96 bits per heavy atom. The topological polar surface area (TPSA) is 81.8 Å². The number of halogens is 2. The molecule has 2 unspecified atom stereocenters. The highest BCUT2D eigenvalue weighted by Crippen LogP contribution is 2.51. The fourth-order valence-corrected chi connectivity index (χ4v) is 4.04. The molecule has 3 aromatic rings. The van der Waals surface area contributed by atoms with E-state index in [-0.39, 0.29) is 11.6 Å². The summed E-state index contributed by atoms with van der Waals surface area (Å²) in [4.78, 5) is 16.1. The van der Waals surface area contributed by atoms with Gasteiger partial charge in [-0.15, -0.1) is 0 Å². The van der Waals surface area contributed by atoms with Crippen molar-refractivity contribution in [3.05, 3.63) is 53.1 Å². The molecule has 2 aliphatic carbocycles. The molecule has 2 saturated carbocycles. The highest BCUT2D eigenvalue weighted by Gasteiger charge is 2.63. The molecule has 0 bridgehead atoms. The first kappa shape index (κ1) is 16.6. The first-order chi connectivity index (χ1) is 13.0. The summed E-state index contributed by atoms with van der Waals surface area (Å²) in [6.07, 6.45) is 4.64. The Morgan fingerprint density at radius 1 is 1.22 bits per heavy atom. The molecule has 27 heavy (non-hydrogen) atoms. The third-order valence-corrected chi connectivity index (χ3v) is 5.93. The van der Waals surface area contributed by atoms with Crippen LogP contribution in [-0.2, 0) is 10.2 Å². The van der Waals surface area contributed by atoms with Crippen LogP contribution in [-0.4, -0.2) is 27.3 Å². The lowest BCUT2D eigenvalue weighted by Gasteiger charge is -2.14. The summed E-state index contributed by atoms with van der Waals surface area (Å²) in [6.45, 7) is 0. The van der Waals surface area contributed by atoms with E-state index < -0.39 is 17.5 Å². The maximum absolute atomic E-state index is 14.0. The molecule has 5 nitrogen and oxygen atoms in total. The Kier molecular flexibility index (Phi) is 3.49. The number of carbonyl (C=O) groups excluding carboxylic acids is 1. The van der Waals surface area contributed by atoms with Crippen LogP contribution in [0.4, 0.5) is 4.39 Å². The second-order valence-electron chi connectivity index (χ2n) is 7.37. The van der Waals surface area contributed by atoms with Gasteiger partial charge in [-0.2, -0.15) is 10.2 Å². The summed E-state index contributed by atoms with van der Waals surface area (Å²) < 4.78 is 14.0. The van der Waals surface area contributed by atoms with E-state index in [1.807, 2.05) is 24.4 Å². The summed E-state index contributed by atoms with van der Waals surface area (Å²) in [5.74, 6) is -0.178. The Labute approximate surface area is 159 Å². The molecule has 2 N–H and O–H groups in total. The lowest BCUT2D eigenvalue weighted by atomic mass is 9.95. The van der Waals surface area contributed by atoms with Crippen LogP contribution in [0.3, 0.4) is 0 Å². The van der Waals surface area contributed by atoms with Crippen molar-refractivity contribution >= 4 is 28.3 Å². The number of carbonyl (C=O) groups is 1. The summed E-state index contributed by atoms with van der Waals surface area (Å²) in [7, 11) is 0. The highest BCUT2D eigenvalue weighted by atomic mass is 35.5. The SMILES string of the molecule is NC(=O)C1(c2cc3cc(-c4cnncc4C4CC4)ccc3c(Cl)n2)CC1F. The van der Waals surface area contributed by atoms with Crippen LogP contribution in [0.15, 0.2) is 36.7 Å². The van der Waals surface area contributed by atoms with Crippen LogP contribution >= 0.6 is 11.6 Å². The Balaban J connectivity index is 1.67. The maximum Gasteiger partial charge on any atom is 0.232 e. The number of aromatic nitrogens is 3. The van der Waals surface area contributed by atoms with Gasteiger partial charge < -0.3 is 5.73 Å². The minimum absolute atomic E-state index is 0.0525. The number of benzene rings is 1. The maximum atomic E-state index is 14.0. The Morgan fingerprint density at radius 3 is 2.63 bits per heavy atom. The van der Waals surface area contributed by atoms with Gasteiger partial charge in [0.15, 0.2) is 0 Å². The van der Waals surface area contributed by atoms with Crippen molar-refractivity contribution in [1.82, 2.24) is 15.2 Å². The number of hydrogen-bond donors (Lipinski definition) is 1. The Bertz CT molecular complexity index is 1100. The van der Waals surface area contributed by atoms with Crippen molar-refractivity contribution in [1.29, 1.82) is 0 Å². The summed E-state index contributed by atoms with van der Waals surface area (Å²) in [5.41, 5.74) is 7.59. The van der Waals surface area contributed by atoms with Crippen LogP contribution in [0.5, 0.6) is 0 Å². The molecule has 0 radical (unpaired) electrons. The summed E-state index contributed by atoms with van der Waals surface area (Å²) >= 11 is 6.33. The van der Waals surface area contributed by atoms with Crippen molar-refractivity contribution in [2.75, 3.05) is 0 Å². The van der Waals surface area contributed by atoms with Crippen molar-refractivity contribution in [2.45, 2.75) is 36.8 Å². The molecule has 0 aliphatic heterocycles.